The standard InChI is InChI=1S/C15H13FN2O/c16-12-7-4-10-17-13(12)14(19)18-15(8-9-15)11-5-2-1-3-6-11/h1-7,10H,8-9H2,(H,18,19). The van der Waals surface area contributed by atoms with Gasteiger partial charge in [-0.05, 0) is 30.5 Å². The summed E-state index contributed by atoms with van der Waals surface area (Å²) < 4.78 is 13.5. The minimum Gasteiger partial charge on any atom is -0.341 e. The molecule has 1 N–H and O–H groups in total. The molecule has 0 spiro atoms. The quantitative estimate of drug-likeness (QED) is 0.917. The van der Waals surface area contributed by atoms with Crippen molar-refractivity contribution in [2.45, 2.75) is 18.4 Å². The van der Waals surface area contributed by atoms with Crippen LogP contribution in [0, 0.1) is 5.82 Å². The summed E-state index contributed by atoms with van der Waals surface area (Å²) in [7, 11) is 0. The molecule has 1 aliphatic carbocycles. The molecule has 2 aromatic rings. The van der Waals surface area contributed by atoms with Crippen molar-refractivity contribution < 1.29 is 9.18 Å². The van der Waals surface area contributed by atoms with Crippen molar-refractivity contribution in [3.63, 3.8) is 0 Å². The minimum atomic E-state index is -0.594. The third-order valence-electron chi connectivity index (χ3n) is 3.40. The maximum Gasteiger partial charge on any atom is 0.273 e. The van der Waals surface area contributed by atoms with Crippen LogP contribution < -0.4 is 5.32 Å². The molecule has 1 aromatic heterocycles. The molecule has 1 aromatic carbocycles. The van der Waals surface area contributed by atoms with Gasteiger partial charge in [0.25, 0.3) is 5.91 Å². The Labute approximate surface area is 110 Å². The highest BCUT2D eigenvalue weighted by Crippen LogP contribution is 2.45. The molecule has 1 amide bonds. The van der Waals surface area contributed by atoms with Crippen LogP contribution in [-0.2, 0) is 5.54 Å². The van der Waals surface area contributed by atoms with Gasteiger partial charge in [0.15, 0.2) is 11.5 Å². The monoisotopic (exact) mass is 256 g/mol. The van der Waals surface area contributed by atoms with E-state index in [0.717, 1.165) is 18.4 Å². The zero-order chi connectivity index (χ0) is 13.3. The SMILES string of the molecule is O=C(NC1(c2ccccc2)CC1)c1ncccc1F. The van der Waals surface area contributed by atoms with E-state index in [2.05, 4.69) is 10.3 Å². The first-order chi connectivity index (χ1) is 9.21. The van der Waals surface area contributed by atoms with E-state index in [-0.39, 0.29) is 11.2 Å². The number of hydrogen-bond donors (Lipinski definition) is 1. The molecule has 1 aliphatic rings. The van der Waals surface area contributed by atoms with Crippen LogP contribution in [0.25, 0.3) is 0 Å². The average Bonchev–Trinajstić information content (AvgIpc) is 3.21. The Morgan fingerprint density at radius 1 is 1.16 bits per heavy atom. The van der Waals surface area contributed by atoms with Crippen LogP contribution in [0.5, 0.6) is 0 Å². The van der Waals surface area contributed by atoms with Gasteiger partial charge < -0.3 is 5.32 Å². The largest absolute Gasteiger partial charge is 0.341 e. The Morgan fingerprint density at radius 2 is 1.89 bits per heavy atom. The lowest BCUT2D eigenvalue weighted by molar-refractivity contribution is 0.0921. The van der Waals surface area contributed by atoms with E-state index in [1.165, 1.54) is 18.3 Å². The summed E-state index contributed by atoms with van der Waals surface area (Å²) in [4.78, 5) is 15.9. The zero-order valence-corrected chi connectivity index (χ0v) is 10.3. The lowest BCUT2D eigenvalue weighted by Crippen LogP contribution is -2.35. The Morgan fingerprint density at radius 3 is 2.53 bits per heavy atom. The molecular weight excluding hydrogens is 243 g/mol. The molecule has 0 atom stereocenters. The number of carbonyl (C=O) groups excluding carboxylic acids is 1. The second kappa shape index (κ2) is 4.46. The molecule has 0 saturated heterocycles. The van der Waals surface area contributed by atoms with Gasteiger partial charge in [-0.3, -0.25) is 4.79 Å². The van der Waals surface area contributed by atoms with E-state index in [9.17, 15) is 9.18 Å². The Balaban J connectivity index is 1.83. The Kier molecular flexibility index (Phi) is 2.78. The number of rotatable bonds is 3. The van der Waals surface area contributed by atoms with Crippen molar-refractivity contribution in [1.29, 1.82) is 0 Å². The van der Waals surface area contributed by atoms with Crippen molar-refractivity contribution in [3.05, 3.63) is 65.7 Å². The van der Waals surface area contributed by atoms with Crippen molar-refractivity contribution in [2.75, 3.05) is 0 Å². The molecule has 1 fully saturated rings. The van der Waals surface area contributed by atoms with Crippen molar-refractivity contribution in [2.24, 2.45) is 0 Å². The number of amides is 1. The molecule has 4 heteroatoms. The van der Waals surface area contributed by atoms with Gasteiger partial charge in [0, 0.05) is 6.20 Å². The number of hydrogen-bond acceptors (Lipinski definition) is 2. The summed E-state index contributed by atoms with van der Waals surface area (Å²) in [6.07, 6.45) is 3.16. The molecule has 1 heterocycles. The van der Waals surface area contributed by atoms with Gasteiger partial charge >= 0.3 is 0 Å². The van der Waals surface area contributed by atoms with Gasteiger partial charge in [-0.2, -0.15) is 0 Å². The highest BCUT2D eigenvalue weighted by Gasteiger charge is 2.46. The summed E-state index contributed by atoms with van der Waals surface area (Å²) in [5, 5.41) is 2.90. The Hall–Kier alpha value is -2.23. The minimum absolute atomic E-state index is 0.148. The molecule has 19 heavy (non-hydrogen) atoms. The Bertz CT molecular complexity index is 609. The van der Waals surface area contributed by atoms with E-state index in [4.69, 9.17) is 0 Å². The third-order valence-corrected chi connectivity index (χ3v) is 3.40. The maximum absolute atomic E-state index is 13.5. The van der Waals surface area contributed by atoms with Crippen LogP contribution >= 0.6 is 0 Å². The second-order valence-corrected chi connectivity index (χ2v) is 4.74. The molecule has 0 bridgehead atoms. The first-order valence-corrected chi connectivity index (χ1v) is 6.20. The van der Waals surface area contributed by atoms with E-state index in [1.54, 1.807) is 0 Å². The van der Waals surface area contributed by atoms with Crippen molar-refractivity contribution in [3.8, 4) is 0 Å². The number of aromatic nitrogens is 1. The average molecular weight is 256 g/mol. The number of nitrogens with zero attached hydrogens (tertiary/aromatic N) is 1. The van der Waals surface area contributed by atoms with Gasteiger partial charge in [0.2, 0.25) is 0 Å². The molecule has 0 unspecified atom stereocenters. The molecule has 3 nitrogen and oxygen atoms in total. The lowest BCUT2D eigenvalue weighted by atomic mass is 10.0. The molecule has 1 saturated carbocycles. The smallest absolute Gasteiger partial charge is 0.273 e. The zero-order valence-electron chi connectivity index (χ0n) is 10.3. The molecule has 0 aliphatic heterocycles. The highest BCUT2D eigenvalue weighted by molar-refractivity contribution is 5.93. The van der Waals surface area contributed by atoms with Crippen molar-refractivity contribution >= 4 is 5.91 Å². The first kappa shape index (κ1) is 11.8. The summed E-state index contributed by atoms with van der Waals surface area (Å²) in [6, 6.07) is 12.5. The summed E-state index contributed by atoms with van der Waals surface area (Å²) in [6.45, 7) is 0. The van der Waals surface area contributed by atoms with Gasteiger partial charge in [0.1, 0.15) is 0 Å². The predicted molar refractivity (Wildman–Crippen MR) is 69.0 cm³/mol. The predicted octanol–water partition coefficient (Wildman–Crippen LogP) is 2.64. The second-order valence-electron chi connectivity index (χ2n) is 4.74. The number of pyridine rings is 1. The molecular formula is C15H13FN2O. The van der Waals surface area contributed by atoms with Crippen LogP contribution in [-0.4, -0.2) is 10.9 Å². The normalized spacial score (nSPS) is 15.8. The number of carbonyl (C=O) groups is 1. The van der Waals surface area contributed by atoms with Crippen LogP contribution in [0.3, 0.4) is 0 Å². The number of nitrogens with one attached hydrogen (secondary N) is 1. The van der Waals surface area contributed by atoms with E-state index in [1.807, 2.05) is 30.3 Å². The maximum atomic E-state index is 13.5. The fourth-order valence-corrected chi connectivity index (χ4v) is 2.20. The summed E-state index contributed by atoms with van der Waals surface area (Å²) in [5.74, 6) is -1.05. The highest BCUT2D eigenvalue weighted by atomic mass is 19.1. The van der Waals surface area contributed by atoms with Gasteiger partial charge in [-0.15, -0.1) is 0 Å². The van der Waals surface area contributed by atoms with Gasteiger partial charge in [-0.1, -0.05) is 30.3 Å². The number of benzene rings is 1. The van der Waals surface area contributed by atoms with E-state index >= 15 is 0 Å². The lowest BCUT2D eigenvalue weighted by Gasteiger charge is -2.17. The third kappa shape index (κ3) is 2.21. The van der Waals surface area contributed by atoms with E-state index < -0.39 is 11.7 Å². The summed E-state index contributed by atoms with van der Waals surface area (Å²) >= 11 is 0. The van der Waals surface area contributed by atoms with Crippen LogP contribution in [0.1, 0.15) is 28.9 Å². The van der Waals surface area contributed by atoms with Crippen LogP contribution in [0.2, 0.25) is 0 Å². The van der Waals surface area contributed by atoms with Gasteiger partial charge in [0.05, 0.1) is 5.54 Å². The van der Waals surface area contributed by atoms with Gasteiger partial charge in [-0.25, -0.2) is 9.37 Å². The van der Waals surface area contributed by atoms with Crippen LogP contribution in [0.15, 0.2) is 48.7 Å². The topological polar surface area (TPSA) is 42.0 Å². The van der Waals surface area contributed by atoms with Crippen molar-refractivity contribution in [1.82, 2.24) is 10.3 Å². The fraction of sp³-hybridized carbons (Fsp3) is 0.200. The number of halogens is 1. The first-order valence-electron chi connectivity index (χ1n) is 6.20. The fourth-order valence-electron chi connectivity index (χ4n) is 2.20. The molecule has 3 rings (SSSR count). The van der Waals surface area contributed by atoms with E-state index in [0.29, 0.717) is 0 Å². The van der Waals surface area contributed by atoms with Crippen LogP contribution in [0.4, 0.5) is 4.39 Å². The molecule has 0 radical (unpaired) electrons. The molecule has 96 valence electrons. The summed E-state index contributed by atoms with van der Waals surface area (Å²) in [5.41, 5.74) is 0.562.